The molecule has 1 aromatic rings. The minimum absolute atomic E-state index is 0.401. The Morgan fingerprint density at radius 2 is 2.16 bits per heavy atom. The number of nitrogens with two attached hydrogens (primary N) is 1. The summed E-state index contributed by atoms with van der Waals surface area (Å²) in [6.07, 6.45) is 2.56. The van der Waals surface area contributed by atoms with Crippen LogP contribution in [0.25, 0.3) is 0 Å². The fourth-order valence-electron chi connectivity index (χ4n) is 2.52. The highest BCUT2D eigenvalue weighted by atomic mass is 79.9. The van der Waals surface area contributed by atoms with Gasteiger partial charge >= 0.3 is 0 Å². The maximum Gasteiger partial charge on any atom is 0.107 e. The first-order chi connectivity index (χ1) is 8.91. The van der Waals surface area contributed by atoms with Crippen LogP contribution in [0.2, 0.25) is 0 Å². The maximum atomic E-state index is 10.2. The normalized spacial score (nSPS) is 24.1. The molecule has 3 N–H and O–H groups in total. The minimum atomic E-state index is -0.565. The first kappa shape index (κ1) is 14.8. The number of hydrogen-bond acceptors (Lipinski definition) is 3. The van der Waals surface area contributed by atoms with Crippen LogP contribution in [0.1, 0.15) is 31.7 Å². The summed E-state index contributed by atoms with van der Waals surface area (Å²) in [6, 6.07) is 5.98. The summed E-state index contributed by atoms with van der Waals surface area (Å²) in [7, 11) is 0. The molecule has 1 saturated heterocycles. The molecule has 0 saturated carbocycles. The molecule has 1 aromatic carbocycles. The number of halogens is 1. The van der Waals surface area contributed by atoms with E-state index in [9.17, 15) is 5.11 Å². The van der Waals surface area contributed by atoms with E-state index in [2.05, 4.69) is 20.8 Å². The average molecular weight is 343 g/mol. The monoisotopic (exact) mass is 342 g/mol. The fraction of sp³-hybridized carbons (Fsp3) is 0.500. The Morgan fingerprint density at radius 3 is 2.84 bits per heavy atom. The smallest absolute Gasteiger partial charge is 0.107 e. The predicted octanol–water partition coefficient (Wildman–Crippen LogP) is 2.82. The van der Waals surface area contributed by atoms with Gasteiger partial charge in [0.25, 0.3) is 0 Å². The second-order valence-electron chi connectivity index (χ2n) is 5.34. The van der Waals surface area contributed by atoms with Gasteiger partial charge in [0.1, 0.15) is 4.99 Å². The summed E-state index contributed by atoms with van der Waals surface area (Å²) >= 11 is 8.67. The van der Waals surface area contributed by atoms with Gasteiger partial charge in [0.05, 0.1) is 5.60 Å². The van der Waals surface area contributed by atoms with E-state index in [1.54, 1.807) is 0 Å². The highest BCUT2D eigenvalue weighted by molar-refractivity contribution is 9.10. The molecule has 0 aliphatic carbocycles. The minimum Gasteiger partial charge on any atom is -0.390 e. The third-order valence-corrected chi connectivity index (χ3v) is 4.51. The number of rotatable bonds is 2. The second-order valence-corrected chi connectivity index (χ2v) is 6.63. The maximum absolute atomic E-state index is 10.2. The largest absolute Gasteiger partial charge is 0.390 e. The SMILES string of the molecule is CC1(O)CCCN(c2cccc(Br)c2C(N)=S)CC1. The Labute approximate surface area is 127 Å². The van der Waals surface area contributed by atoms with Crippen molar-refractivity contribution in [1.29, 1.82) is 0 Å². The highest BCUT2D eigenvalue weighted by Crippen LogP contribution is 2.31. The van der Waals surface area contributed by atoms with Crippen molar-refractivity contribution in [3.8, 4) is 0 Å². The molecule has 0 amide bonds. The van der Waals surface area contributed by atoms with Gasteiger partial charge in [-0.15, -0.1) is 0 Å². The Balaban J connectivity index is 2.32. The van der Waals surface area contributed by atoms with E-state index in [0.29, 0.717) is 4.99 Å². The molecule has 0 radical (unpaired) electrons. The van der Waals surface area contributed by atoms with Crippen LogP contribution in [0.4, 0.5) is 5.69 Å². The van der Waals surface area contributed by atoms with Gasteiger partial charge in [0.15, 0.2) is 0 Å². The van der Waals surface area contributed by atoms with Crippen molar-refractivity contribution in [2.75, 3.05) is 18.0 Å². The summed E-state index contributed by atoms with van der Waals surface area (Å²) < 4.78 is 0.925. The molecular weight excluding hydrogens is 324 g/mol. The molecule has 1 aliphatic rings. The number of benzene rings is 1. The van der Waals surface area contributed by atoms with Crippen LogP contribution in [-0.4, -0.2) is 28.8 Å². The quantitative estimate of drug-likeness (QED) is 0.811. The van der Waals surface area contributed by atoms with Crippen LogP contribution in [0.3, 0.4) is 0 Å². The summed E-state index contributed by atoms with van der Waals surface area (Å²) in [6.45, 7) is 3.65. The molecule has 0 aromatic heterocycles. The Hall–Kier alpha value is -0.650. The van der Waals surface area contributed by atoms with Crippen molar-refractivity contribution in [1.82, 2.24) is 0 Å². The summed E-state index contributed by atoms with van der Waals surface area (Å²) in [5.74, 6) is 0. The van der Waals surface area contributed by atoms with E-state index in [0.717, 1.165) is 48.1 Å². The average Bonchev–Trinajstić information content (AvgIpc) is 2.49. The summed E-state index contributed by atoms with van der Waals surface area (Å²) in [5, 5.41) is 10.2. The van der Waals surface area contributed by atoms with E-state index >= 15 is 0 Å². The number of nitrogens with zero attached hydrogens (tertiary/aromatic N) is 1. The summed E-state index contributed by atoms with van der Waals surface area (Å²) in [4.78, 5) is 2.67. The molecule has 19 heavy (non-hydrogen) atoms. The van der Waals surface area contributed by atoms with E-state index < -0.39 is 5.60 Å². The molecule has 0 bridgehead atoms. The van der Waals surface area contributed by atoms with Crippen molar-refractivity contribution >= 4 is 38.8 Å². The summed E-state index contributed by atoms with van der Waals surface area (Å²) in [5.41, 5.74) is 7.22. The molecule has 2 rings (SSSR count). The molecule has 0 spiro atoms. The predicted molar refractivity (Wildman–Crippen MR) is 86.7 cm³/mol. The molecule has 104 valence electrons. The van der Waals surface area contributed by atoms with E-state index in [4.69, 9.17) is 18.0 Å². The molecule has 1 atom stereocenters. The number of aliphatic hydroxyl groups is 1. The van der Waals surface area contributed by atoms with E-state index in [1.165, 1.54) is 0 Å². The van der Waals surface area contributed by atoms with Crippen LogP contribution in [0.15, 0.2) is 22.7 Å². The number of hydrogen-bond donors (Lipinski definition) is 2. The van der Waals surface area contributed by atoms with Crippen LogP contribution >= 0.6 is 28.1 Å². The van der Waals surface area contributed by atoms with Gasteiger partial charge in [0.2, 0.25) is 0 Å². The molecule has 1 aliphatic heterocycles. The lowest BCUT2D eigenvalue weighted by molar-refractivity contribution is 0.0481. The zero-order valence-corrected chi connectivity index (χ0v) is 13.4. The van der Waals surface area contributed by atoms with Gasteiger partial charge in [-0.25, -0.2) is 0 Å². The van der Waals surface area contributed by atoms with Gasteiger partial charge in [-0.05, 0) is 54.2 Å². The Bertz CT molecular complexity index is 490. The van der Waals surface area contributed by atoms with Crippen molar-refractivity contribution in [3.63, 3.8) is 0 Å². The van der Waals surface area contributed by atoms with Gasteiger partial charge in [-0.3, -0.25) is 0 Å². The molecule has 1 heterocycles. The highest BCUT2D eigenvalue weighted by Gasteiger charge is 2.26. The topological polar surface area (TPSA) is 49.5 Å². The van der Waals surface area contributed by atoms with Crippen molar-refractivity contribution in [3.05, 3.63) is 28.2 Å². The molecule has 1 unspecified atom stereocenters. The lowest BCUT2D eigenvalue weighted by Crippen LogP contribution is -2.30. The van der Waals surface area contributed by atoms with Crippen molar-refractivity contribution in [2.45, 2.75) is 31.8 Å². The Kier molecular flexibility index (Phi) is 4.48. The first-order valence-corrected chi connectivity index (χ1v) is 7.66. The lowest BCUT2D eigenvalue weighted by Gasteiger charge is -2.26. The van der Waals surface area contributed by atoms with Crippen LogP contribution in [0, 0.1) is 0 Å². The van der Waals surface area contributed by atoms with Gasteiger partial charge < -0.3 is 15.7 Å². The molecular formula is C14H19BrN2OS. The number of anilines is 1. The zero-order valence-electron chi connectivity index (χ0n) is 11.0. The molecule has 5 heteroatoms. The zero-order chi connectivity index (χ0) is 14.0. The van der Waals surface area contributed by atoms with Gasteiger partial charge in [0, 0.05) is 28.8 Å². The van der Waals surface area contributed by atoms with Crippen LogP contribution < -0.4 is 10.6 Å². The lowest BCUT2D eigenvalue weighted by atomic mass is 9.98. The molecule has 1 fully saturated rings. The van der Waals surface area contributed by atoms with Crippen molar-refractivity contribution in [2.24, 2.45) is 5.73 Å². The van der Waals surface area contributed by atoms with E-state index in [1.807, 2.05) is 25.1 Å². The van der Waals surface area contributed by atoms with Gasteiger partial charge in [-0.2, -0.15) is 0 Å². The second kappa shape index (κ2) is 5.77. The van der Waals surface area contributed by atoms with Crippen LogP contribution in [-0.2, 0) is 0 Å². The third-order valence-electron chi connectivity index (χ3n) is 3.64. The third kappa shape index (κ3) is 3.46. The van der Waals surface area contributed by atoms with Crippen LogP contribution in [0.5, 0.6) is 0 Å². The molecule has 3 nitrogen and oxygen atoms in total. The van der Waals surface area contributed by atoms with Gasteiger partial charge in [-0.1, -0.05) is 18.3 Å². The first-order valence-electron chi connectivity index (χ1n) is 6.46. The number of thiocarbonyl (C=S) groups is 1. The Morgan fingerprint density at radius 1 is 1.42 bits per heavy atom. The standard InChI is InChI=1S/C14H19BrN2OS/c1-14(18)6-3-8-17(9-7-14)11-5-2-4-10(15)12(11)13(16)19/h2,4-5,18H,3,6-9H2,1H3,(H2,16,19). The van der Waals surface area contributed by atoms with E-state index in [-0.39, 0.29) is 0 Å². The fourth-order valence-corrected chi connectivity index (χ4v) is 3.44. The van der Waals surface area contributed by atoms with Crippen molar-refractivity contribution < 1.29 is 5.11 Å².